The molecule has 0 spiro atoms. The molecule has 0 aliphatic heterocycles. The molecule has 158 valence electrons. The number of rotatable bonds is 10. The van der Waals surface area contributed by atoms with Crippen LogP contribution in [0.25, 0.3) is 10.9 Å². The van der Waals surface area contributed by atoms with Crippen LogP contribution in [0.3, 0.4) is 0 Å². The van der Waals surface area contributed by atoms with Gasteiger partial charge in [0.05, 0.1) is 16.7 Å². The molecule has 1 amide bonds. The molecule has 0 fully saturated rings. The number of fused-ring (bicyclic) bond motifs is 1. The molecule has 8 heteroatoms. The van der Waals surface area contributed by atoms with Gasteiger partial charge >= 0.3 is 0 Å². The number of halogens is 1. The van der Waals surface area contributed by atoms with E-state index in [4.69, 9.17) is 4.74 Å². The van der Waals surface area contributed by atoms with Crippen LogP contribution >= 0.6 is 11.8 Å². The number of ether oxygens (including phenoxy) is 1. The highest BCUT2D eigenvalue weighted by atomic mass is 32.2. The first-order valence-electron chi connectivity index (χ1n) is 9.79. The molecule has 0 aliphatic carbocycles. The molecular formula is C22H24FN3O3S. The molecule has 0 aliphatic rings. The monoisotopic (exact) mass is 429 g/mol. The summed E-state index contributed by atoms with van der Waals surface area (Å²) in [5.41, 5.74) is 1.30. The summed E-state index contributed by atoms with van der Waals surface area (Å²) in [5.74, 6) is -0.379. The molecule has 1 aromatic heterocycles. The molecule has 0 bridgehead atoms. The van der Waals surface area contributed by atoms with E-state index in [-0.39, 0.29) is 23.0 Å². The van der Waals surface area contributed by atoms with Gasteiger partial charge in [-0.25, -0.2) is 9.37 Å². The zero-order chi connectivity index (χ0) is 21.3. The second-order valence-electron chi connectivity index (χ2n) is 6.61. The van der Waals surface area contributed by atoms with Crippen LogP contribution in [0.2, 0.25) is 0 Å². The topological polar surface area (TPSA) is 73.2 Å². The number of hydrogen-bond donors (Lipinski definition) is 1. The maximum atomic E-state index is 13.0. The number of nitrogens with zero attached hydrogens (tertiary/aromatic N) is 2. The molecule has 6 nitrogen and oxygen atoms in total. The fourth-order valence-electron chi connectivity index (χ4n) is 2.91. The summed E-state index contributed by atoms with van der Waals surface area (Å²) in [5, 5.41) is 3.86. The van der Waals surface area contributed by atoms with Gasteiger partial charge in [0.15, 0.2) is 5.16 Å². The lowest BCUT2D eigenvalue weighted by molar-refractivity contribution is -0.118. The Morgan fingerprint density at radius 2 is 1.97 bits per heavy atom. The number of para-hydroxylation sites is 1. The van der Waals surface area contributed by atoms with Crippen molar-refractivity contribution in [3.05, 3.63) is 70.3 Å². The summed E-state index contributed by atoms with van der Waals surface area (Å²) < 4.78 is 20.0. The normalized spacial score (nSPS) is 11.0. The first-order valence-corrected chi connectivity index (χ1v) is 10.8. The van der Waals surface area contributed by atoms with E-state index in [1.165, 1.54) is 23.9 Å². The smallest absolute Gasteiger partial charge is 0.262 e. The lowest BCUT2D eigenvalue weighted by Gasteiger charge is -2.13. The Morgan fingerprint density at radius 1 is 1.20 bits per heavy atom. The van der Waals surface area contributed by atoms with Crippen molar-refractivity contribution >= 4 is 28.6 Å². The molecule has 0 saturated carbocycles. The van der Waals surface area contributed by atoms with E-state index < -0.39 is 0 Å². The fourth-order valence-corrected chi connectivity index (χ4v) is 3.76. The highest BCUT2D eigenvalue weighted by Gasteiger charge is 2.13. The molecular weight excluding hydrogens is 405 g/mol. The molecule has 30 heavy (non-hydrogen) atoms. The Kier molecular flexibility index (Phi) is 7.98. The van der Waals surface area contributed by atoms with E-state index >= 15 is 0 Å². The van der Waals surface area contributed by atoms with Gasteiger partial charge < -0.3 is 10.1 Å². The maximum Gasteiger partial charge on any atom is 0.262 e. The van der Waals surface area contributed by atoms with Gasteiger partial charge in [0.2, 0.25) is 5.91 Å². The second kappa shape index (κ2) is 10.9. The Morgan fingerprint density at radius 3 is 2.73 bits per heavy atom. The van der Waals surface area contributed by atoms with Crippen molar-refractivity contribution in [3.63, 3.8) is 0 Å². The van der Waals surface area contributed by atoms with E-state index in [2.05, 4.69) is 10.3 Å². The van der Waals surface area contributed by atoms with Crippen LogP contribution in [0.4, 0.5) is 4.39 Å². The third-order valence-corrected chi connectivity index (χ3v) is 5.41. The fraction of sp³-hybridized carbons (Fsp3) is 0.318. The summed E-state index contributed by atoms with van der Waals surface area (Å²) in [7, 11) is 0. The number of thioether (sulfide) groups is 1. The van der Waals surface area contributed by atoms with Crippen molar-refractivity contribution < 1.29 is 13.9 Å². The highest BCUT2D eigenvalue weighted by Crippen LogP contribution is 2.18. The van der Waals surface area contributed by atoms with Gasteiger partial charge in [-0.05, 0) is 43.2 Å². The zero-order valence-corrected chi connectivity index (χ0v) is 17.6. The minimum absolute atomic E-state index is 0.119. The minimum Gasteiger partial charge on any atom is -0.382 e. The van der Waals surface area contributed by atoms with Gasteiger partial charge in [0.1, 0.15) is 5.82 Å². The number of aromatic nitrogens is 2. The molecule has 3 rings (SSSR count). The predicted molar refractivity (Wildman–Crippen MR) is 116 cm³/mol. The van der Waals surface area contributed by atoms with Gasteiger partial charge in [-0.3, -0.25) is 14.2 Å². The van der Waals surface area contributed by atoms with Crippen LogP contribution in [0.5, 0.6) is 0 Å². The third kappa shape index (κ3) is 5.90. The first kappa shape index (κ1) is 22.0. The van der Waals surface area contributed by atoms with Crippen molar-refractivity contribution in [2.45, 2.75) is 31.6 Å². The standard InChI is InChI=1S/C22H24FN3O3S/c1-2-29-13-5-12-26-21(28)18-6-3-4-7-19(18)25-22(26)30-15-20(27)24-14-16-8-10-17(23)11-9-16/h3-4,6-11H,2,5,12-15H2,1H3,(H,24,27). The summed E-state index contributed by atoms with van der Waals surface area (Å²) in [6.45, 7) is 3.89. The number of hydrogen-bond acceptors (Lipinski definition) is 5. The Labute approximate surface area is 178 Å². The van der Waals surface area contributed by atoms with Crippen LogP contribution < -0.4 is 10.9 Å². The molecule has 1 heterocycles. The van der Waals surface area contributed by atoms with Gasteiger partial charge in [0.25, 0.3) is 5.56 Å². The number of carbonyl (C=O) groups is 1. The third-order valence-electron chi connectivity index (χ3n) is 4.44. The summed E-state index contributed by atoms with van der Waals surface area (Å²) in [4.78, 5) is 29.8. The van der Waals surface area contributed by atoms with Gasteiger partial charge in [-0.15, -0.1) is 0 Å². The average Bonchev–Trinajstić information content (AvgIpc) is 2.76. The molecule has 0 radical (unpaired) electrons. The summed E-state index contributed by atoms with van der Waals surface area (Å²) in [6, 6.07) is 13.2. The average molecular weight is 430 g/mol. The van der Waals surface area contributed by atoms with Gasteiger partial charge in [-0.1, -0.05) is 36.0 Å². The van der Waals surface area contributed by atoms with Crippen LogP contribution in [0.15, 0.2) is 58.5 Å². The number of amides is 1. The lowest BCUT2D eigenvalue weighted by atomic mass is 10.2. The zero-order valence-electron chi connectivity index (χ0n) is 16.8. The van der Waals surface area contributed by atoms with E-state index in [0.717, 1.165) is 5.56 Å². The molecule has 0 atom stereocenters. The second-order valence-corrected chi connectivity index (χ2v) is 7.55. The molecule has 1 N–H and O–H groups in total. The summed E-state index contributed by atoms with van der Waals surface area (Å²) in [6.07, 6.45) is 0.679. The van der Waals surface area contributed by atoms with Crippen LogP contribution in [-0.4, -0.2) is 34.4 Å². The number of carbonyl (C=O) groups excluding carboxylic acids is 1. The van der Waals surface area contributed by atoms with E-state index in [1.807, 2.05) is 19.1 Å². The van der Waals surface area contributed by atoms with Crippen molar-refractivity contribution in [1.29, 1.82) is 0 Å². The first-order chi connectivity index (χ1) is 14.6. The van der Waals surface area contributed by atoms with Crippen LogP contribution in [0, 0.1) is 5.82 Å². The molecule has 0 unspecified atom stereocenters. The molecule has 3 aromatic rings. The quantitative estimate of drug-likeness (QED) is 0.304. The number of nitrogens with one attached hydrogen (secondary N) is 1. The van der Waals surface area contributed by atoms with Crippen molar-refractivity contribution in [3.8, 4) is 0 Å². The Balaban J connectivity index is 1.69. The van der Waals surface area contributed by atoms with Crippen molar-refractivity contribution in [1.82, 2.24) is 14.9 Å². The van der Waals surface area contributed by atoms with Crippen LogP contribution in [0.1, 0.15) is 18.9 Å². The predicted octanol–water partition coefficient (Wildman–Crippen LogP) is 3.37. The van der Waals surface area contributed by atoms with Crippen molar-refractivity contribution in [2.75, 3.05) is 19.0 Å². The Hall–Kier alpha value is -2.71. The largest absolute Gasteiger partial charge is 0.382 e. The highest BCUT2D eigenvalue weighted by molar-refractivity contribution is 7.99. The van der Waals surface area contributed by atoms with Crippen molar-refractivity contribution in [2.24, 2.45) is 0 Å². The summed E-state index contributed by atoms with van der Waals surface area (Å²) >= 11 is 1.22. The Bertz CT molecular complexity index is 1050. The van der Waals surface area contributed by atoms with Crippen LogP contribution in [-0.2, 0) is 22.6 Å². The van der Waals surface area contributed by atoms with E-state index in [9.17, 15) is 14.0 Å². The van der Waals surface area contributed by atoms with Gasteiger partial charge in [-0.2, -0.15) is 0 Å². The van der Waals surface area contributed by atoms with Gasteiger partial charge in [0, 0.05) is 26.3 Å². The minimum atomic E-state index is -0.315. The number of benzene rings is 2. The molecule has 0 saturated heterocycles. The lowest BCUT2D eigenvalue weighted by Crippen LogP contribution is -2.27. The van der Waals surface area contributed by atoms with E-state index in [0.29, 0.717) is 48.8 Å². The van der Waals surface area contributed by atoms with E-state index in [1.54, 1.807) is 28.8 Å². The SMILES string of the molecule is CCOCCCn1c(SCC(=O)NCc2ccc(F)cc2)nc2ccccc2c1=O. The maximum absolute atomic E-state index is 13.0. The molecule has 2 aromatic carbocycles.